The summed E-state index contributed by atoms with van der Waals surface area (Å²) in [6.07, 6.45) is 20.8. The number of fused-ring (bicyclic) bond motifs is 10. The van der Waals surface area contributed by atoms with Crippen molar-refractivity contribution in [2.75, 3.05) is 62.6 Å². The highest BCUT2D eigenvalue weighted by Crippen LogP contribution is 2.66. The summed E-state index contributed by atoms with van der Waals surface area (Å²) in [5.74, 6) is 8.94. The van der Waals surface area contributed by atoms with Gasteiger partial charge in [-0.2, -0.15) is 0 Å². The van der Waals surface area contributed by atoms with Crippen LogP contribution in [-0.2, 0) is 19.1 Å². The molecular formula is C62H101BrN2O6. The molecule has 0 radical (unpaired) electrons. The van der Waals surface area contributed by atoms with Crippen molar-refractivity contribution >= 4 is 38.9 Å². The van der Waals surface area contributed by atoms with Crippen LogP contribution < -0.4 is 10.2 Å². The quantitative estimate of drug-likeness (QED) is 0.170. The second-order valence-corrected chi connectivity index (χ2v) is 24.9. The Balaban J connectivity index is 0.000000226. The minimum absolute atomic E-state index is 0. The number of aliphatic hydroxyl groups is 2. The van der Waals surface area contributed by atoms with Gasteiger partial charge in [0.1, 0.15) is 5.78 Å². The fraction of sp³-hybridized carbons (Fsp3) is 0.774. The highest BCUT2D eigenvalue weighted by Gasteiger charge is 2.61. The van der Waals surface area contributed by atoms with E-state index in [0.29, 0.717) is 67.6 Å². The summed E-state index contributed by atoms with van der Waals surface area (Å²) in [7, 11) is 3.96. The first-order chi connectivity index (χ1) is 34.2. The molecule has 16 atom stereocenters. The Morgan fingerprint density at radius 3 is 1.49 bits per heavy atom. The molecule has 10 rings (SSSR count). The van der Waals surface area contributed by atoms with Crippen molar-refractivity contribution in [2.45, 2.75) is 169 Å². The number of carbonyl (C=O) groups is 2. The second kappa shape index (κ2) is 25.0. The van der Waals surface area contributed by atoms with E-state index in [1.54, 1.807) is 0 Å². The molecule has 8 nitrogen and oxygen atoms in total. The molecule has 8 fully saturated rings. The maximum absolute atomic E-state index is 13.6. The van der Waals surface area contributed by atoms with Crippen LogP contribution in [0.3, 0.4) is 0 Å². The molecule has 2 aromatic rings. The molecular weight excluding hydrogens is 949 g/mol. The van der Waals surface area contributed by atoms with Gasteiger partial charge in [-0.25, -0.2) is 0 Å². The predicted molar refractivity (Wildman–Crippen MR) is 299 cm³/mol. The number of hydrogen-bond donors (Lipinski definition) is 3. The SMILES string of the molecule is C.C.CCOC[C@@]1(O)CC[C@H]2[C@@H](CC[C@@H]3[C@@H]2CC[C@]2(C)[C@@H](C(=O)CBr)CC[C@@H]32)C1.CCOC[C@@]1(O)CC[C@H]2[C@@H](CC[C@@H]3[C@@H]2CC[C@]2(C)[C@@H](C(=O)CN(C)c4ccccc4)CC[C@@H]32)C1.CNc1ccccc1.[3H][3H]. The average Bonchev–Trinajstić information content (AvgIpc) is 3.95. The number of benzene rings is 2. The van der Waals surface area contributed by atoms with E-state index in [9.17, 15) is 19.8 Å². The lowest BCUT2D eigenvalue weighted by Crippen LogP contribution is -2.52. The number of nitrogens with zero attached hydrogens (tertiary/aromatic N) is 1. The van der Waals surface area contributed by atoms with E-state index in [-0.39, 0.29) is 37.5 Å². The van der Waals surface area contributed by atoms with E-state index in [1.165, 1.54) is 70.6 Å². The average molecular weight is 1050 g/mol. The van der Waals surface area contributed by atoms with Crippen LogP contribution >= 0.6 is 15.9 Å². The van der Waals surface area contributed by atoms with Crippen LogP contribution in [0.15, 0.2) is 60.7 Å². The molecule has 0 bridgehead atoms. The Bertz CT molecular complexity index is 1990. The molecule has 0 spiro atoms. The second-order valence-electron chi connectivity index (χ2n) is 24.3. The number of rotatable bonds is 13. The molecule has 71 heavy (non-hydrogen) atoms. The Hall–Kier alpha value is -2.30. The molecule has 0 aliphatic heterocycles. The maximum Gasteiger partial charge on any atom is 0.155 e. The third-order valence-corrected chi connectivity index (χ3v) is 21.5. The lowest BCUT2D eigenvalue weighted by atomic mass is 9.49. The zero-order valence-electron chi connectivity index (χ0n) is 45.5. The molecule has 2 aromatic carbocycles. The molecule has 8 saturated carbocycles. The van der Waals surface area contributed by atoms with E-state index in [2.05, 4.69) is 59.2 Å². The molecule has 0 heterocycles. The Labute approximate surface area is 443 Å². The van der Waals surface area contributed by atoms with E-state index >= 15 is 0 Å². The van der Waals surface area contributed by atoms with Gasteiger partial charge in [-0.15, -0.1) is 0 Å². The fourth-order valence-electron chi connectivity index (χ4n) is 17.6. The summed E-state index contributed by atoms with van der Waals surface area (Å²) < 4.78 is 21.2. The van der Waals surface area contributed by atoms with Crippen molar-refractivity contribution in [1.29, 1.82) is 0 Å². The number of halogens is 1. The van der Waals surface area contributed by atoms with Gasteiger partial charge < -0.3 is 29.9 Å². The van der Waals surface area contributed by atoms with Gasteiger partial charge in [0.15, 0.2) is 5.78 Å². The third kappa shape index (κ3) is 12.4. The standard InChI is InChI=1S/C30H45NO3.C23H37BrO3.C7H9N.2CH4.H2/c1-4-34-20-30(33)17-15-23-21(18-30)10-11-25-24(23)14-16-29(2)26(25)12-13-27(29)28(32)19-31(3)22-8-6-5-7-9-22;1-3-27-14-23(26)11-9-16-15(12-23)4-5-18-17(16)8-10-22(2)19(18)6-7-20(22)21(25)13-24;1-8-7-5-3-2-4-6-7;;;/h5-9,21,23-27,33H,4,10-20H2,1-3H3;15-20,26H,3-14H2,1-2H3;2-6,8H,1H3;2*1H4;1H/t21-,23-,24+,25+,26-,27+,29-,30+;15-,16-,17+,18+,19-,20+,22-,23+;;;;/m00..../s1/i;;;;;1+2T. The van der Waals surface area contributed by atoms with Crippen molar-refractivity contribution in [3.63, 3.8) is 0 Å². The molecule has 0 amide bonds. The van der Waals surface area contributed by atoms with Gasteiger partial charge in [0.25, 0.3) is 0 Å². The number of ketones is 2. The molecule has 402 valence electrons. The monoisotopic (exact) mass is 1050 g/mol. The predicted octanol–water partition coefficient (Wildman–Crippen LogP) is 14.0. The van der Waals surface area contributed by atoms with Crippen molar-refractivity contribution in [1.82, 2.24) is 0 Å². The molecule has 8 aliphatic carbocycles. The summed E-state index contributed by atoms with van der Waals surface area (Å²) in [4.78, 5) is 28.2. The topological polar surface area (TPSA) is 108 Å². The summed E-state index contributed by atoms with van der Waals surface area (Å²) >= 11 is 3.42. The van der Waals surface area contributed by atoms with E-state index < -0.39 is 11.2 Å². The molecule has 0 saturated heterocycles. The summed E-state index contributed by atoms with van der Waals surface area (Å²) in [6.45, 7) is 11.8. The normalized spacial score (nSPS) is 39.6. The van der Waals surface area contributed by atoms with Crippen molar-refractivity contribution in [3.05, 3.63) is 60.7 Å². The van der Waals surface area contributed by atoms with Gasteiger partial charge in [0, 0.05) is 53.5 Å². The van der Waals surface area contributed by atoms with Gasteiger partial charge in [-0.3, -0.25) is 9.59 Å². The van der Waals surface area contributed by atoms with Crippen molar-refractivity contribution in [3.8, 4) is 0 Å². The number of para-hydroxylation sites is 2. The van der Waals surface area contributed by atoms with Crippen LogP contribution in [0, 0.1) is 81.8 Å². The highest BCUT2D eigenvalue weighted by atomic mass is 79.9. The summed E-state index contributed by atoms with van der Waals surface area (Å²) in [6, 6.07) is 20.4. The Morgan fingerprint density at radius 1 is 0.634 bits per heavy atom. The van der Waals surface area contributed by atoms with Gasteiger partial charge in [0.05, 0.1) is 36.3 Å². The van der Waals surface area contributed by atoms with Crippen LogP contribution in [0.4, 0.5) is 11.4 Å². The Morgan fingerprint density at radius 2 is 1.07 bits per heavy atom. The maximum atomic E-state index is 13.6. The van der Waals surface area contributed by atoms with Gasteiger partial charge >= 0.3 is 0 Å². The van der Waals surface area contributed by atoms with Gasteiger partial charge in [0.2, 0.25) is 0 Å². The third-order valence-electron chi connectivity index (χ3n) is 20.9. The molecule has 9 heteroatoms. The van der Waals surface area contributed by atoms with Crippen LogP contribution in [-0.4, -0.2) is 85.4 Å². The summed E-state index contributed by atoms with van der Waals surface area (Å²) in [5, 5.41) is 25.6. The van der Waals surface area contributed by atoms with Crippen molar-refractivity contribution < 1.29 is 32.2 Å². The number of likely N-dealkylation sites (N-methyl/N-ethyl adjacent to an activating group) is 1. The number of Topliss-reactive ketones (excluding diaryl/α,β-unsaturated/α-hetero) is 2. The van der Waals surface area contributed by atoms with E-state index in [1.807, 2.05) is 69.4 Å². The zero-order valence-corrected chi connectivity index (χ0v) is 45.1. The van der Waals surface area contributed by atoms with Crippen LogP contribution in [0.2, 0.25) is 0 Å². The lowest BCUT2D eigenvalue weighted by molar-refractivity contribution is -0.136. The number of alkyl halides is 1. The van der Waals surface area contributed by atoms with Gasteiger partial charge in [-0.1, -0.05) is 81.0 Å². The zero-order chi connectivity index (χ0) is 51.0. The number of anilines is 2. The first kappa shape index (κ1) is 56.4. The van der Waals surface area contributed by atoms with Gasteiger partial charge in [-0.05, 0) is 224 Å². The minimum Gasteiger partial charge on any atom is -0.388 e. The van der Waals surface area contributed by atoms with E-state index in [0.717, 1.165) is 97.7 Å². The number of ether oxygens (including phenoxy) is 2. The lowest BCUT2D eigenvalue weighted by Gasteiger charge is -2.57. The smallest absolute Gasteiger partial charge is 0.155 e. The number of carbonyl (C=O) groups excluding carboxylic acids is 2. The summed E-state index contributed by atoms with van der Waals surface area (Å²) in [5.41, 5.74) is 1.50. The van der Waals surface area contributed by atoms with Crippen molar-refractivity contribution in [2.24, 2.45) is 81.8 Å². The molecule has 3 N–H and O–H groups in total. The van der Waals surface area contributed by atoms with Crippen LogP contribution in [0.1, 0.15) is 161 Å². The van der Waals surface area contributed by atoms with Crippen LogP contribution in [0.5, 0.6) is 0 Å². The first-order valence-electron chi connectivity index (χ1n) is 28.9. The molecule has 0 unspecified atom stereocenters. The van der Waals surface area contributed by atoms with E-state index in [4.69, 9.17) is 12.4 Å². The number of nitrogens with one attached hydrogen (secondary N) is 1. The number of hydrogen-bond acceptors (Lipinski definition) is 8. The molecule has 0 aromatic heterocycles. The highest BCUT2D eigenvalue weighted by molar-refractivity contribution is 9.09. The minimum atomic E-state index is -0.608. The largest absolute Gasteiger partial charge is 0.388 e. The van der Waals surface area contributed by atoms with Crippen LogP contribution in [0.25, 0.3) is 0 Å². The Kier molecular flexibility index (Phi) is 19.9. The fourth-order valence-corrected chi connectivity index (χ4v) is 18.0. The molecule has 8 aliphatic rings. The first-order valence-corrected chi connectivity index (χ1v) is 29.0.